The van der Waals surface area contributed by atoms with Crippen LogP contribution in [0.3, 0.4) is 0 Å². The van der Waals surface area contributed by atoms with E-state index in [2.05, 4.69) is 15.9 Å². The molecule has 0 aromatic heterocycles. The van der Waals surface area contributed by atoms with E-state index in [-0.39, 0.29) is 10.5 Å². The van der Waals surface area contributed by atoms with Crippen molar-refractivity contribution in [1.82, 2.24) is 0 Å². The van der Waals surface area contributed by atoms with Crippen molar-refractivity contribution in [2.24, 2.45) is 5.14 Å². The van der Waals surface area contributed by atoms with Gasteiger partial charge in [-0.2, -0.15) is 5.26 Å². The van der Waals surface area contributed by atoms with Gasteiger partial charge in [-0.3, -0.25) is 0 Å². The van der Waals surface area contributed by atoms with Crippen molar-refractivity contribution in [2.75, 3.05) is 0 Å². The van der Waals surface area contributed by atoms with Gasteiger partial charge in [0, 0.05) is 4.47 Å². The minimum atomic E-state index is -3.83. The van der Waals surface area contributed by atoms with Crippen molar-refractivity contribution in [3.8, 4) is 6.07 Å². The summed E-state index contributed by atoms with van der Waals surface area (Å²) < 4.78 is 22.9. The molecule has 0 aliphatic heterocycles. The molecule has 0 amide bonds. The summed E-state index contributed by atoms with van der Waals surface area (Å²) >= 11 is 3.20. The van der Waals surface area contributed by atoms with Crippen molar-refractivity contribution in [1.29, 1.82) is 5.26 Å². The molecule has 0 heterocycles. The predicted molar refractivity (Wildman–Crippen MR) is 55.0 cm³/mol. The average Bonchev–Trinajstić information content (AvgIpc) is 2.07. The first kappa shape index (κ1) is 11.2. The van der Waals surface area contributed by atoms with Crippen molar-refractivity contribution in [3.05, 3.63) is 27.7 Å². The second-order valence-electron chi connectivity index (χ2n) is 2.70. The summed E-state index contributed by atoms with van der Waals surface area (Å²) in [5.74, 6) is 0. The molecule has 0 spiro atoms. The molecule has 0 radical (unpaired) electrons. The number of hydrogen-bond acceptors (Lipinski definition) is 3. The third kappa shape index (κ3) is 1.95. The lowest BCUT2D eigenvalue weighted by Gasteiger charge is -2.05. The van der Waals surface area contributed by atoms with Gasteiger partial charge >= 0.3 is 0 Å². The Morgan fingerprint density at radius 1 is 1.50 bits per heavy atom. The highest BCUT2D eigenvalue weighted by Crippen LogP contribution is 2.24. The fourth-order valence-electron chi connectivity index (χ4n) is 1.04. The first-order chi connectivity index (χ1) is 6.38. The zero-order valence-electron chi connectivity index (χ0n) is 7.28. The summed E-state index contributed by atoms with van der Waals surface area (Å²) in [6, 6.07) is 4.68. The Balaban J connectivity index is 3.66. The molecule has 0 unspecified atom stereocenters. The number of primary sulfonamides is 1. The van der Waals surface area contributed by atoms with Gasteiger partial charge in [0.2, 0.25) is 10.0 Å². The Morgan fingerprint density at radius 2 is 2.07 bits per heavy atom. The number of nitrogens with zero attached hydrogens (tertiary/aromatic N) is 1. The van der Waals surface area contributed by atoms with Crippen LogP contribution in [0.15, 0.2) is 21.5 Å². The minimum absolute atomic E-state index is 0.0851. The van der Waals surface area contributed by atoms with Crippen LogP contribution >= 0.6 is 15.9 Å². The highest BCUT2D eigenvalue weighted by Gasteiger charge is 2.16. The Labute approximate surface area is 90.5 Å². The van der Waals surface area contributed by atoms with E-state index >= 15 is 0 Å². The van der Waals surface area contributed by atoms with Crippen LogP contribution < -0.4 is 5.14 Å². The molecule has 74 valence electrons. The highest BCUT2D eigenvalue weighted by atomic mass is 79.9. The van der Waals surface area contributed by atoms with E-state index in [1.807, 2.05) is 6.07 Å². The van der Waals surface area contributed by atoms with Crippen molar-refractivity contribution >= 4 is 26.0 Å². The van der Waals surface area contributed by atoms with E-state index in [1.54, 1.807) is 13.0 Å². The van der Waals surface area contributed by atoms with E-state index in [0.717, 1.165) is 0 Å². The molecule has 2 N–H and O–H groups in total. The van der Waals surface area contributed by atoms with Gasteiger partial charge in [-0.05, 0) is 24.6 Å². The second kappa shape index (κ2) is 3.69. The number of benzene rings is 1. The summed E-state index contributed by atoms with van der Waals surface area (Å²) in [5.41, 5.74) is 0.654. The summed E-state index contributed by atoms with van der Waals surface area (Å²) in [5, 5.41) is 13.8. The Bertz CT molecular complexity index is 517. The number of sulfonamides is 1. The Hall–Kier alpha value is -0.900. The number of nitrogens with two attached hydrogens (primary N) is 1. The molecular formula is C8H7BrN2O2S. The molecule has 4 nitrogen and oxygen atoms in total. The molecule has 0 saturated heterocycles. The number of halogens is 1. The van der Waals surface area contributed by atoms with Crippen LogP contribution in [0.2, 0.25) is 0 Å². The quantitative estimate of drug-likeness (QED) is 0.837. The molecule has 0 bridgehead atoms. The van der Waals surface area contributed by atoms with E-state index < -0.39 is 10.0 Å². The summed E-state index contributed by atoms with van der Waals surface area (Å²) in [7, 11) is -3.83. The van der Waals surface area contributed by atoms with E-state index in [4.69, 9.17) is 10.4 Å². The molecule has 0 aliphatic rings. The predicted octanol–water partition coefficient (Wildman–Crippen LogP) is 1.28. The monoisotopic (exact) mass is 274 g/mol. The average molecular weight is 275 g/mol. The van der Waals surface area contributed by atoms with E-state index in [0.29, 0.717) is 10.0 Å². The topological polar surface area (TPSA) is 84.0 Å². The number of rotatable bonds is 1. The summed E-state index contributed by atoms with van der Waals surface area (Å²) in [6.07, 6.45) is 0. The molecule has 0 atom stereocenters. The van der Waals surface area contributed by atoms with Crippen molar-refractivity contribution in [2.45, 2.75) is 11.8 Å². The summed E-state index contributed by atoms with van der Waals surface area (Å²) in [4.78, 5) is -0.138. The first-order valence-electron chi connectivity index (χ1n) is 3.60. The smallest absolute Gasteiger partial charge is 0.225 e. The third-order valence-electron chi connectivity index (χ3n) is 1.78. The Kier molecular flexibility index (Phi) is 2.95. The lowest BCUT2D eigenvalue weighted by molar-refractivity contribution is 0.597. The van der Waals surface area contributed by atoms with Gasteiger partial charge in [-0.1, -0.05) is 15.9 Å². The van der Waals surface area contributed by atoms with Crippen LogP contribution in [0.4, 0.5) is 0 Å². The molecular weight excluding hydrogens is 268 g/mol. The molecule has 1 rings (SSSR count). The maximum atomic E-state index is 11.1. The Morgan fingerprint density at radius 3 is 2.50 bits per heavy atom. The van der Waals surface area contributed by atoms with Gasteiger partial charge in [-0.15, -0.1) is 0 Å². The fraction of sp³-hybridized carbons (Fsp3) is 0.125. The van der Waals surface area contributed by atoms with Gasteiger partial charge in [0.1, 0.15) is 6.07 Å². The lowest BCUT2D eigenvalue weighted by Crippen LogP contribution is -2.14. The normalized spacial score (nSPS) is 11.0. The van der Waals surface area contributed by atoms with Crippen LogP contribution in [0.1, 0.15) is 11.1 Å². The van der Waals surface area contributed by atoms with Gasteiger partial charge in [0.15, 0.2) is 0 Å². The SMILES string of the molecule is Cc1c(Br)ccc(S(N)(=O)=O)c1C#N. The zero-order chi connectivity index (χ0) is 10.9. The lowest BCUT2D eigenvalue weighted by atomic mass is 10.1. The van der Waals surface area contributed by atoms with Crippen LogP contribution in [-0.2, 0) is 10.0 Å². The fourth-order valence-corrected chi connectivity index (χ4v) is 2.11. The number of hydrogen-bond donors (Lipinski definition) is 1. The van der Waals surface area contributed by atoms with Gasteiger partial charge < -0.3 is 0 Å². The molecule has 6 heteroatoms. The molecule has 0 saturated carbocycles. The largest absolute Gasteiger partial charge is 0.239 e. The van der Waals surface area contributed by atoms with Gasteiger partial charge in [-0.25, -0.2) is 13.6 Å². The van der Waals surface area contributed by atoms with Crippen LogP contribution in [0, 0.1) is 18.3 Å². The van der Waals surface area contributed by atoms with Crippen molar-refractivity contribution in [3.63, 3.8) is 0 Å². The maximum absolute atomic E-state index is 11.1. The van der Waals surface area contributed by atoms with E-state index in [9.17, 15) is 8.42 Å². The van der Waals surface area contributed by atoms with Crippen LogP contribution in [-0.4, -0.2) is 8.42 Å². The molecule has 1 aromatic carbocycles. The number of nitriles is 1. The zero-order valence-corrected chi connectivity index (χ0v) is 9.68. The molecule has 1 aromatic rings. The molecule has 14 heavy (non-hydrogen) atoms. The van der Waals surface area contributed by atoms with Gasteiger partial charge in [0.25, 0.3) is 0 Å². The minimum Gasteiger partial charge on any atom is -0.225 e. The first-order valence-corrected chi connectivity index (χ1v) is 5.94. The van der Waals surface area contributed by atoms with Crippen LogP contribution in [0.25, 0.3) is 0 Å². The maximum Gasteiger partial charge on any atom is 0.239 e. The molecule has 0 aliphatic carbocycles. The van der Waals surface area contributed by atoms with Crippen LogP contribution in [0.5, 0.6) is 0 Å². The standard InChI is InChI=1S/C8H7BrN2O2S/c1-5-6(4-10)8(14(11,12)13)3-2-7(5)9/h2-3H,1H3,(H2,11,12,13). The molecule has 0 fully saturated rings. The van der Waals surface area contributed by atoms with E-state index in [1.165, 1.54) is 6.07 Å². The summed E-state index contributed by atoms with van der Waals surface area (Å²) in [6.45, 7) is 1.65. The second-order valence-corrected chi connectivity index (χ2v) is 5.09. The van der Waals surface area contributed by atoms with Gasteiger partial charge in [0.05, 0.1) is 10.5 Å². The highest BCUT2D eigenvalue weighted by molar-refractivity contribution is 9.10. The third-order valence-corrected chi connectivity index (χ3v) is 3.59. The van der Waals surface area contributed by atoms with Crippen molar-refractivity contribution < 1.29 is 8.42 Å².